The van der Waals surface area contributed by atoms with Crippen LogP contribution in [-0.4, -0.2) is 60.7 Å². The first-order valence-electron chi connectivity index (χ1n) is 36.7. The molecule has 12 nitrogen and oxygen atoms in total. The van der Waals surface area contributed by atoms with Crippen molar-refractivity contribution in [3.8, 4) is 17.1 Å². The van der Waals surface area contributed by atoms with E-state index >= 15 is 0 Å². The molecule has 4 aliphatic heterocycles. The van der Waals surface area contributed by atoms with Crippen molar-refractivity contribution in [1.29, 1.82) is 0 Å². The molecule has 18 bridgehead atoms. The highest BCUT2D eigenvalue weighted by Crippen LogP contribution is 2.33. The molecule has 0 aliphatic carbocycles. The number of H-pyrrole nitrogens is 3. The van der Waals surface area contributed by atoms with Gasteiger partial charge in [-0.05, 0) is 198 Å². The summed E-state index contributed by atoms with van der Waals surface area (Å²) < 4.78 is 7.05. The number of rotatable bonds is 18. The van der Waals surface area contributed by atoms with Crippen LogP contribution in [0.3, 0.4) is 0 Å². The third-order valence-electron chi connectivity index (χ3n) is 20.0. The molecule has 0 radical (unpaired) electrons. The van der Waals surface area contributed by atoms with Gasteiger partial charge in [0.05, 0.1) is 134 Å². The van der Waals surface area contributed by atoms with E-state index in [0.29, 0.717) is 0 Å². The van der Waals surface area contributed by atoms with Gasteiger partial charge in [-0.15, -0.1) is 0 Å². The monoisotopic (exact) mass is 1330 g/mol. The summed E-state index contributed by atoms with van der Waals surface area (Å²) in [4.78, 5) is 44.6. The van der Waals surface area contributed by atoms with Crippen molar-refractivity contribution < 1.29 is 0 Å². The Hall–Kier alpha value is -11.8. The second-order valence-electron chi connectivity index (χ2n) is 27.0. The average molecular weight is 1330 g/mol. The van der Waals surface area contributed by atoms with E-state index in [9.17, 15) is 0 Å². The van der Waals surface area contributed by atoms with E-state index in [1.54, 1.807) is 0 Å². The summed E-state index contributed by atoms with van der Waals surface area (Å²) in [6.07, 6.45) is 29.2. The lowest BCUT2D eigenvalue weighted by molar-refractivity contribution is 0.914. The molecular weight excluding hydrogens is 1250 g/mol. The van der Waals surface area contributed by atoms with Crippen LogP contribution in [0, 0.1) is 32.1 Å². The third-order valence-corrected chi connectivity index (χ3v) is 20.0. The summed E-state index contributed by atoms with van der Waals surface area (Å²) in [6, 6.07) is 65.9. The number of hydrogen-bond donors (Lipinski definition) is 3. The Labute approximate surface area is 593 Å². The molecule has 0 spiro atoms. The molecule has 13 heterocycles. The molecule has 0 unspecified atom stereocenters. The highest BCUT2D eigenvalue weighted by molar-refractivity contribution is 6.36. The van der Waals surface area contributed by atoms with E-state index in [1.807, 2.05) is 55.4 Å². The average Bonchev–Trinajstić information content (AvgIpc) is 1.58. The normalized spacial score (nSPS) is 14.3. The summed E-state index contributed by atoms with van der Waals surface area (Å²) in [6.45, 7) is 13.6. The summed E-state index contributed by atoms with van der Waals surface area (Å²) in [5.41, 5.74) is 22.1. The predicted molar refractivity (Wildman–Crippen MR) is 414 cm³/mol. The van der Waals surface area contributed by atoms with E-state index in [0.717, 1.165) is 226 Å². The number of hydrogen-bond acceptors (Lipinski definition) is 6. The van der Waals surface area contributed by atoms with Crippen LogP contribution < -0.4 is 32.1 Å². The Balaban J connectivity index is 1.13. The molecule has 0 amide bonds. The van der Waals surface area contributed by atoms with Crippen molar-refractivity contribution in [2.24, 2.45) is 15.0 Å². The van der Waals surface area contributed by atoms with Gasteiger partial charge in [0.15, 0.2) is 0 Å². The first-order valence-corrected chi connectivity index (χ1v) is 36.7. The lowest BCUT2D eigenvalue weighted by atomic mass is 9.92. The van der Waals surface area contributed by atoms with E-state index in [1.165, 1.54) is 33.4 Å². The largest absolute Gasteiger partial charge is 0.353 e. The number of aliphatic imine (C=N–C) groups is 3. The quantitative estimate of drug-likeness (QED) is 0.0789. The van der Waals surface area contributed by atoms with Crippen LogP contribution in [0.1, 0.15) is 133 Å². The van der Waals surface area contributed by atoms with Gasteiger partial charge < -0.3 is 28.7 Å². The molecular formula is C90H84N12. The summed E-state index contributed by atoms with van der Waals surface area (Å²) in [5.74, 6) is 0. The van der Waals surface area contributed by atoms with Gasteiger partial charge in [0, 0.05) is 35.3 Å². The molecule has 3 N–H and O–H groups in total. The SMILES string of the molecule is CCCC1=CC2=c3ccc(n3-c3cccnc3)=c3cc(CCC)c([nH]3)=C(c3ccccc3)C3=NC(=c4ccc(n4-c4cccnc4)=c4cc(CCC)c([nH]4)=C(c4ccccc4)C4=NC(=c5ccc(n5-c5cccnc5)=c5cc(CCC)c([nH]5)=C(c5ccccc5)C1=N2)C=C4CCC)C=C3CCC. The van der Waals surface area contributed by atoms with Crippen LogP contribution >= 0.6 is 0 Å². The van der Waals surface area contributed by atoms with Crippen molar-refractivity contribution in [1.82, 2.24) is 43.6 Å². The number of aromatic amines is 3. The fourth-order valence-corrected chi connectivity index (χ4v) is 15.6. The molecule has 504 valence electrons. The van der Waals surface area contributed by atoms with E-state index in [2.05, 4.69) is 252 Å². The zero-order valence-corrected chi connectivity index (χ0v) is 59.0. The smallest absolute Gasteiger partial charge is 0.0881 e. The lowest BCUT2D eigenvalue weighted by Crippen LogP contribution is -2.21. The number of fused-ring (bicyclic) bond motifs is 15. The van der Waals surface area contributed by atoms with Crippen LogP contribution in [0.25, 0.3) is 50.9 Å². The van der Waals surface area contributed by atoms with Gasteiger partial charge in [-0.1, -0.05) is 171 Å². The maximum atomic E-state index is 5.92. The second-order valence-corrected chi connectivity index (χ2v) is 27.0. The molecule has 0 saturated heterocycles. The molecule has 12 heteroatoms. The van der Waals surface area contributed by atoms with Crippen LogP contribution in [0.4, 0.5) is 0 Å². The molecule has 0 fully saturated rings. The minimum atomic E-state index is 0.832. The van der Waals surface area contributed by atoms with Crippen molar-refractivity contribution in [3.05, 3.63) is 352 Å². The summed E-state index contributed by atoms with van der Waals surface area (Å²) >= 11 is 0. The fraction of sp³-hybridized carbons (Fsp3) is 0.200. The van der Waals surface area contributed by atoms with E-state index < -0.39 is 0 Å². The first kappa shape index (κ1) is 64.9. The summed E-state index contributed by atoms with van der Waals surface area (Å²) in [5, 5.41) is 12.1. The first-order chi connectivity index (χ1) is 50.3. The van der Waals surface area contributed by atoms with Crippen molar-refractivity contribution in [2.45, 2.75) is 119 Å². The predicted octanol–water partition coefficient (Wildman–Crippen LogP) is 14.8. The Bertz CT molecular complexity index is 5550. The zero-order valence-electron chi connectivity index (χ0n) is 59.0. The fourth-order valence-electron chi connectivity index (χ4n) is 15.6. The van der Waals surface area contributed by atoms with Crippen molar-refractivity contribution in [3.63, 3.8) is 0 Å². The molecule has 16 rings (SSSR count). The van der Waals surface area contributed by atoms with E-state index in [4.69, 9.17) is 29.9 Å². The van der Waals surface area contributed by atoms with Gasteiger partial charge >= 0.3 is 0 Å². The molecule has 0 saturated carbocycles. The number of aryl methyl sites for hydroxylation is 3. The Kier molecular flexibility index (Phi) is 18.1. The molecule has 0 atom stereocenters. The van der Waals surface area contributed by atoms with Gasteiger partial charge in [0.25, 0.3) is 0 Å². The molecule has 12 aromatic rings. The number of nitrogens with one attached hydrogen (secondary N) is 3. The third kappa shape index (κ3) is 11.9. The standard InChI is InChI=1S/C90H84N12/c1-7-25-61-49-70-76-40-41-77(100(76)67-37-22-46-91-55-67)72-51-63(27-9-3)87(96-72)83(59-33-18-14-19-34-59)88-65(29-11-5)53-74(98-88)80-44-45-81(102(80)69-39-24-48-93-57-69)75-54-66(30-12-6)90(99-75)84(60-35-20-15-21-36-60)89-64(28-10-4)52-73(97-89)79-43-42-78(101(79)68-38-23-47-92-56-68)71-50-62(26-8-2)86(95-71)82(85(61)94-70)58-31-16-13-17-32-58/h13-24,31-57,94,97-98H,7-12,25-30H2,1-6H3. The Morgan fingerprint density at radius 1 is 0.294 bits per heavy atom. The van der Waals surface area contributed by atoms with Gasteiger partial charge in [0.1, 0.15) is 0 Å². The van der Waals surface area contributed by atoms with Gasteiger partial charge in [-0.25, -0.2) is 15.0 Å². The molecule has 3 aromatic carbocycles. The van der Waals surface area contributed by atoms with E-state index in [-0.39, 0.29) is 0 Å². The second kappa shape index (κ2) is 28.5. The maximum Gasteiger partial charge on any atom is 0.0881 e. The van der Waals surface area contributed by atoms with Crippen LogP contribution in [-0.2, 0) is 19.3 Å². The van der Waals surface area contributed by atoms with Crippen LogP contribution in [0.2, 0.25) is 0 Å². The number of allylic oxidation sites excluding steroid dienone is 3. The Morgan fingerprint density at radius 2 is 0.569 bits per heavy atom. The highest BCUT2D eigenvalue weighted by atomic mass is 15.0. The number of aromatic nitrogens is 9. The minimum absolute atomic E-state index is 0.832. The topological polar surface area (TPSA) is 138 Å². The van der Waals surface area contributed by atoms with Gasteiger partial charge in [0.2, 0.25) is 0 Å². The maximum absolute atomic E-state index is 5.92. The van der Waals surface area contributed by atoms with Gasteiger partial charge in [-0.3, -0.25) is 15.0 Å². The van der Waals surface area contributed by atoms with Crippen molar-refractivity contribution >= 4 is 50.9 Å². The van der Waals surface area contributed by atoms with Crippen LogP contribution in [0.5, 0.6) is 0 Å². The molecule has 9 aromatic heterocycles. The molecule has 4 aliphatic rings. The van der Waals surface area contributed by atoms with Gasteiger partial charge in [-0.2, -0.15) is 0 Å². The number of nitrogens with zero attached hydrogens (tertiary/aromatic N) is 9. The highest BCUT2D eigenvalue weighted by Gasteiger charge is 2.28. The summed E-state index contributed by atoms with van der Waals surface area (Å²) in [7, 11) is 0. The molecule has 102 heavy (non-hydrogen) atoms. The van der Waals surface area contributed by atoms with Crippen LogP contribution in [0.15, 0.2) is 269 Å². The number of benzene rings is 3. The minimum Gasteiger partial charge on any atom is -0.353 e. The number of pyridine rings is 3. The lowest BCUT2D eigenvalue weighted by Gasteiger charge is -2.12. The zero-order chi connectivity index (χ0) is 69.2. The van der Waals surface area contributed by atoms with Crippen molar-refractivity contribution in [2.75, 3.05) is 0 Å². The Morgan fingerprint density at radius 3 is 0.824 bits per heavy atom.